The minimum atomic E-state index is 0. The number of nitrogens with zero attached hydrogens (tertiary/aromatic N) is 3. The van der Waals surface area contributed by atoms with Crippen LogP contribution < -0.4 is 10.6 Å². The van der Waals surface area contributed by atoms with Gasteiger partial charge in [-0.05, 0) is 25.3 Å². The molecule has 0 radical (unpaired) electrons. The predicted molar refractivity (Wildman–Crippen MR) is 90.4 cm³/mol. The van der Waals surface area contributed by atoms with Crippen molar-refractivity contribution in [3.63, 3.8) is 0 Å². The average Bonchev–Trinajstić information content (AvgIpc) is 3.04. The monoisotopic (exact) mass is 407 g/mol. The summed E-state index contributed by atoms with van der Waals surface area (Å²) < 4.78 is 5.02. The van der Waals surface area contributed by atoms with Crippen LogP contribution in [0, 0.1) is 6.92 Å². The minimum Gasteiger partial charge on any atom is -0.357 e. The highest BCUT2D eigenvalue weighted by molar-refractivity contribution is 14.0. The number of aliphatic imine (C=N–C) groups is 1. The molecule has 2 rings (SSSR count). The fraction of sp³-hybridized carbons (Fsp3) is 0.417. The molecule has 0 bridgehead atoms. The highest BCUT2D eigenvalue weighted by atomic mass is 127. The molecule has 2 heterocycles. The normalized spacial score (nSPS) is 11.0. The van der Waals surface area contributed by atoms with E-state index in [0.717, 1.165) is 19.0 Å². The van der Waals surface area contributed by atoms with Gasteiger partial charge >= 0.3 is 0 Å². The summed E-state index contributed by atoms with van der Waals surface area (Å²) in [5.74, 6) is 1.89. The third-order valence-electron chi connectivity index (χ3n) is 2.30. The molecular weight excluding hydrogens is 389 g/mol. The predicted octanol–water partition coefficient (Wildman–Crippen LogP) is 2.31. The minimum absolute atomic E-state index is 0. The maximum absolute atomic E-state index is 5.02. The SMILES string of the molecule is CCNC(=NCc1nc(C)no1)NCc1cccs1.I. The molecule has 0 saturated heterocycles. The Labute approximate surface area is 139 Å². The number of hydrogen-bond donors (Lipinski definition) is 2. The summed E-state index contributed by atoms with van der Waals surface area (Å²) in [5, 5.41) is 12.2. The first kappa shape index (κ1) is 16.9. The van der Waals surface area contributed by atoms with Crippen molar-refractivity contribution in [2.24, 2.45) is 4.99 Å². The van der Waals surface area contributed by atoms with E-state index >= 15 is 0 Å². The number of thiophene rings is 1. The van der Waals surface area contributed by atoms with Gasteiger partial charge in [-0.1, -0.05) is 11.2 Å². The lowest BCUT2D eigenvalue weighted by molar-refractivity contribution is 0.376. The molecule has 0 atom stereocenters. The van der Waals surface area contributed by atoms with Crippen molar-refractivity contribution in [1.82, 2.24) is 20.8 Å². The molecule has 0 aliphatic rings. The molecule has 0 amide bonds. The maximum atomic E-state index is 5.02. The molecule has 0 aliphatic heterocycles. The first-order valence-electron chi connectivity index (χ1n) is 6.11. The zero-order valence-corrected chi connectivity index (χ0v) is 14.6. The molecule has 2 aromatic rings. The van der Waals surface area contributed by atoms with E-state index in [1.165, 1.54) is 4.88 Å². The van der Waals surface area contributed by atoms with Crippen LogP contribution in [0.1, 0.15) is 23.5 Å². The van der Waals surface area contributed by atoms with Crippen molar-refractivity contribution in [3.05, 3.63) is 34.1 Å². The average molecular weight is 407 g/mol. The molecule has 6 nitrogen and oxygen atoms in total. The molecule has 8 heteroatoms. The van der Waals surface area contributed by atoms with E-state index in [4.69, 9.17) is 4.52 Å². The lowest BCUT2D eigenvalue weighted by atomic mass is 10.4. The van der Waals surface area contributed by atoms with Gasteiger partial charge in [0.25, 0.3) is 0 Å². The lowest BCUT2D eigenvalue weighted by Crippen LogP contribution is -2.36. The fourth-order valence-electron chi connectivity index (χ4n) is 1.48. The summed E-state index contributed by atoms with van der Waals surface area (Å²) in [6, 6.07) is 4.12. The topological polar surface area (TPSA) is 75.3 Å². The van der Waals surface area contributed by atoms with Crippen LogP contribution in [0.4, 0.5) is 0 Å². The Morgan fingerprint density at radius 2 is 2.30 bits per heavy atom. The summed E-state index contributed by atoms with van der Waals surface area (Å²) in [5.41, 5.74) is 0. The van der Waals surface area contributed by atoms with E-state index in [1.54, 1.807) is 18.3 Å². The summed E-state index contributed by atoms with van der Waals surface area (Å²) in [6.45, 7) is 5.75. The van der Waals surface area contributed by atoms with Gasteiger partial charge in [-0.3, -0.25) is 0 Å². The quantitative estimate of drug-likeness (QED) is 0.452. The Hall–Kier alpha value is -1.16. The van der Waals surface area contributed by atoms with Crippen molar-refractivity contribution >= 4 is 41.3 Å². The van der Waals surface area contributed by atoms with E-state index < -0.39 is 0 Å². The molecule has 0 aromatic carbocycles. The van der Waals surface area contributed by atoms with Gasteiger partial charge in [0.15, 0.2) is 11.8 Å². The van der Waals surface area contributed by atoms with Crippen LogP contribution in [0.15, 0.2) is 27.0 Å². The van der Waals surface area contributed by atoms with Gasteiger partial charge in [0.1, 0.15) is 6.54 Å². The van der Waals surface area contributed by atoms with Gasteiger partial charge < -0.3 is 15.2 Å². The number of guanidine groups is 1. The lowest BCUT2D eigenvalue weighted by Gasteiger charge is -2.09. The summed E-state index contributed by atoms with van der Waals surface area (Å²) >= 11 is 1.71. The number of nitrogens with one attached hydrogen (secondary N) is 2. The van der Waals surface area contributed by atoms with Crippen LogP contribution in [0.5, 0.6) is 0 Å². The fourth-order valence-corrected chi connectivity index (χ4v) is 2.12. The van der Waals surface area contributed by atoms with E-state index in [-0.39, 0.29) is 24.0 Å². The van der Waals surface area contributed by atoms with Crippen LogP contribution in [0.2, 0.25) is 0 Å². The smallest absolute Gasteiger partial charge is 0.248 e. The first-order valence-corrected chi connectivity index (χ1v) is 6.99. The third kappa shape index (κ3) is 5.45. The van der Waals surface area contributed by atoms with Crippen LogP contribution >= 0.6 is 35.3 Å². The van der Waals surface area contributed by atoms with Crippen molar-refractivity contribution < 1.29 is 4.52 Å². The number of aromatic nitrogens is 2. The Balaban J connectivity index is 0.00000200. The Morgan fingerprint density at radius 1 is 1.45 bits per heavy atom. The molecule has 2 N–H and O–H groups in total. The highest BCUT2D eigenvalue weighted by Crippen LogP contribution is 2.07. The number of aryl methyl sites for hydroxylation is 1. The van der Waals surface area contributed by atoms with Gasteiger partial charge in [0, 0.05) is 11.4 Å². The summed E-state index contributed by atoms with van der Waals surface area (Å²) in [4.78, 5) is 9.78. The van der Waals surface area contributed by atoms with Gasteiger partial charge in [-0.15, -0.1) is 35.3 Å². The molecule has 110 valence electrons. The van der Waals surface area contributed by atoms with Crippen LogP contribution in [-0.2, 0) is 13.1 Å². The second kappa shape index (κ2) is 8.90. The molecule has 0 fully saturated rings. The van der Waals surface area contributed by atoms with Gasteiger partial charge in [0.05, 0.1) is 6.54 Å². The molecular formula is C12H18IN5OS. The zero-order valence-electron chi connectivity index (χ0n) is 11.4. The molecule has 0 saturated carbocycles. The number of halogens is 1. The van der Waals surface area contributed by atoms with Crippen LogP contribution in [-0.4, -0.2) is 22.6 Å². The maximum Gasteiger partial charge on any atom is 0.248 e. The standard InChI is InChI=1S/C12H17N5OS.HI/c1-3-13-12(14-7-10-5-4-6-19-10)15-8-11-16-9(2)17-18-11;/h4-6H,3,7-8H2,1-2H3,(H2,13,14,15);1H. The molecule has 20 heavy (non-hydrogen) atoms. The third-order valence-corrected chi connectivity index (χ3v) is 3.17. The molecule has 2 aromatic heterocycles. The van der Waals surface area contributed by atoms with Gasteiger partial charge in [-0.25, -0.2) is 4.99 Å². The second-order valence-electron chi connectivity index (χ2n) is 3.86. The van der Waals surface area contributed by atoms with Crippen molar-refractivity contribution in [2.45, 2.75) is 26.9 Å². The molecule has 0 aliphatic carbocycles. The van der Waals surface area contributed by atoms with E-state index in [1.807, 2.05) is 13.0 Å². The van der Waals surface area contributed by atoms with Crippen molar-refractivity contribution in [3.8, 4) is 0 Å². The Kier molecular flexibility index (Phi) is 7.52. The first-order chi connectivity index (χ1) is 9.28. The molecule has 0 spiro atoms. The second-order valence-corrected chi connectivity index (χ2v) is 4.90. The van der Waals surface area contributed by atoms with E-state index in [0.29, 0.717) is 18.3 Å². The summed E-state index contributed by atoms with van der Waals surface area (Å²) in [6.07, 6.45) is 0. The van der Waals surface area contributed by atoms with Crippen LogP contribution in [0.3, 0.4) is 0 Å². The largest absolute Gasteiger partial charge is 0.357 e. The van der Waals surface area contributed by atoms with Crippen molar-refractivity contribution in [1.29, 1.82) is 0 Å². The van der Waals surface area contributed by atoms with E-state index in [2.05, 4.69) is 37.2 Å². The molecule has 0 unspecified atom stereocenters. The highest BCUT2D eigenvalue weighted by Gasteiger charge is 2.03. The van der Waals surface area contributed by atoms with Gasteiger partial charge in [-0.2, -0.15) is 4.98 Å². The number of rotatable bonds is 5. The zero-order chi connectivity index (χ0) is 13.5. The van der Waals surface area contributed by atoms with E-state index in [9.17, 15) is 0 Å². The number of hydrogen-bond acceptors (Lipinski definition) is 5. The summed E-state index contributed by atoms with van der Waals surface area (Å²) in [7, 11) is 0. The van der Waals surface area contributed by atoms with Gasteiger partial charge in [0.2, 0.25) is 5.89 Å². The Bertz CT molecular complexity index is 526. The van der Waals surface area contributed by atoms with Crippen LogP contribution in [0.25, 0.3) is 0 Å². The Morgan fingerprint density at radius 3 is 2.90 bits per heavy atom. The van der Waals surface area contributed by atoms with Crippen molar-refractivity contribution in [2.75, 3.05) is 6.54 Å².